The maximum Gasteiger partial charge on any atom is 0.271 e. The van der Waals surface area contributed by atoms with Crippen molar-refractivity contribution in [2.24, 2.45) is 5.10 Å². The van der Waals surface area contributed by atoms with Crippen molar-refractivity contribution in [1.82, 2.24) is 5.43 Å². The predicted octanol–water partition coefficient (Wildman–Crippen LogP) is 4.21. The smallest absolute Gasteiger partial charge is 0.267 e. The highest BCUT2D eigenvalue weighted by atomic mass is 35.5. The molecule has 3 rings (SSSR count). The average Bonchev–Trinajstić information content (AvgIpc) is 2.74. The zero-order chi connectivity index (χ0) is 22.4. The molecule has 1 N–H and O–H groups in total. The third kappa shape index (κ3) is 5.90. The SMILES string of the molecule is CS(=O)(=O)N(Cc1ccccc1)c1ccc(C(=O)N/N=C\c2c(F)cccc2Cl)cc1. The molecular weight excluding hydrogens is 441 g/mol. The Bertz CT molecular complexity index is 1180. The number of anilines is 1. The quantitative estimate of drug-likeness (QED) is 0.424. The third-order valence-electron chi connectivity index (χ3n) is 4.35. The number of rotatable bonds is 7. The number of hydrazone groups is 1. The molecule has 0 saturated carbocycles. The molecule has 0 spiro atoms. The molecule has 9 heteroatoms. The van der Waals surface area contributed by atoms with Crippen LogP contribution in [-0.4, -0.2) is 26.8 Å². The van der Waals surface area contributed by atoms with Crippen molar-refractivity contribution in [3.8, 4) is 0 Å². The molecule has 0 bridgehead atoms. The summed E-state index contributed by atoms with van der Waals surface area (Å²) in [5.74, 6) is -1.10. The fraction of sp³-hybridized carbons (Fsp3) is 0.0909. The van der Waals surface area contributed by atoms with Gasteiger partial charge < -0.3 is 0 Å². The third-order valence-corrected chi connectivity index (χ3v) is 5.82. The fourth-order valence-corrected chi connectivity index (χ4v) is 3.88. The summed E-state index contributed by atoms with van der Waals surface area (Å²) in [6, 6.07) is 19.4. The zero-order valence-electron chi connectivity index (χ0n) is 16.5. The number of hydrogen-bond donors (Lipinski definition) is 1. The van der Waals surface area contributed by atoms with E-state index in [-0.39, 0.29) is 22.7 Å². The highest BCUT2D eigenvalue weighted by Crippen LogP contribution is 2.21. The minimum Gasteiger partial charge on any atom is -0.267 e. The summed E-state index contributed by atoms with van der Waals surface area (Å²) < 4.78 is 39.5. The molecule has 0 radical (unpaired) electrons. The minimum absolute atomic E-state index is 0.0597. The largest absolute Gasteiger partial charge is 0.271 e. The number of benzene rings is 3. The number of sulfonamides is 1. The van der Waals surface area contributed by atoms with Gasteiger partial charge in [0, 0.05) is 11.1 Å². The lowest BCUT2D eigenvalue weighted by molar-refractivity contribution is 0.0955. The summed E-state index contributed by atoms with van der Waals surface area (Å²) in [7, 11) is -3.54. The van der Waals surface area contributed by atoms with Crippen molar-refractivity contribution < 1.29 is 17.6 Å². The first-order chi connectivity index (χ1) is 14.8. The first kappa shape index (κ1) is 22.5. The molecule has 0 atom stereocenters. The molecule has 3 aromatic rings. The van der Waals surface area contributed by atoms with Gasteiger partial charge in [0.25, 0.3) is 5.91 Å². The van der Waals surface area contributed by atoms with E-state index in [0.717, 1.165) is 18.0 Å². The number of nitrogens with zero attached hydrogens (tertiary/aromatic N) is 2. The monoisotopic (exact) mass is 459 g/mol. The second-order valence-electron chi connectivity index (χ2n) is 6.64. The second kappa shape index (κ2) is 9.72. The number of halogens is 2. The molecule has 31 heavy (non-hydrogen) atoms. The Balaban J connectivity index is 1.73. The summed E-state index contributed by atoms with van der Waals surface area (Å²) in [6.07, 6.45) is 2.24. The Morgan fingerprint density at radius 2 is 1.74 bits per heavy atom. The molecular formula is C22H19ClFN3O3S. The average molecular weight is 460 g/mol. The van der Waals surface area contributed by atoms with Crippen molar-refractivity contribution in [3.63, 3.8) is 0 Å². The highest BCUT2D eigenvalue weighted by Gasteiger charge is 2.18. The molecule has 0 heterocycles. The lowest BCUT2D eigenvalue weighted by Crippen LogP contribution is -2.29. The summed E-state index contributed by atoms with van der Waals surface area (Å²) in [4.78, 5) is 12.3. The van der Waals surface area contributed by atoms with Crippen molar-refractivity contribution in [3.05, 3.63) is 100 Å². The lowest BCUT2D eigenvalue weighted by atomic mass is 10.2. The standard InChI is InChI=1S/C22H19ClFN3O3S/c1-31(29,30)27(15-16-6-3-2-4-7-16)18-12-10-17(11-13-18)22(28)26-25-14-19-20(23)8-5-9-21(19)24/h2-14H,15H2,1H3,(H,26,28)/b25-14-. The van der Waals surface area contributed by atoms with Gasteiger partial charge in [-0.25, -0.2) is 18.2 Å². The molecule has 6 nitrogen and oxygen atoms in total. The Morgan fingerprint density at radius 1 is 1.06 bits per heavy atom. The first-order valence-corrected chi connectivity index (χ1v) is 11.4. The Morgan fingerprint density at radius 3 is 2.35 bits per heavy atom. The van der Waals surface area contributed by atoms with E-state index in [4.69, 9.17) is 11.6 Å². The van der Waals surface area contributed by atoms with Crippen LogP contribution in [0.15, 0.2) is 77.9 Å². The van der Waals surface area contributed by atoms with Gasteiger partial charge in [-0.1, -0.05) is 48.0 Å². The molecule has 0 saturated heterocycles. The van der Waals surface area contributed by atoms with E-state index in [1.807, 2.05) is 30.3 Å². The van der Waals surface area contributed by atoms with Gasteiger partial charge in [0.05, 0.1) is 29.7 Å². The van der Waals surface area contributed by atoms with E-state index in [2.05, 4.69) is 10.5 Å². The number of carbonyl (C=O) groups excluding carboxylic acids is 1. The zero-order valence-corrected chi connectivity index (χ0v) is 18.1. The van der Waals surface area contributed by atoms with Gasteiger partial charge in [0.1, 0.15) is 5.82 Å². The summed E-state index contributed by atoms with van der Waals surface area (Å²) in [5, 5.41) is 3.91. The molecule has 1 amide bonds. The van der Waals surface area contributed by atoms with E-state index in [1.54, 1.807) is 0 Å². The van der Waals surface area contributed by atoms with Crippen molar-refractivity contribution in [1.29, 1.82) is 0 Å². The first-order valence-electron chi connectivity index (χ1n) is 9.15. The lowest BCUT2D eigenvalue weighted by Gasteiger charge is -2.22. The van der Waals surface area contributed by atoms with E-state index < -0.39 is 21.7 Å². The number of carbonyl (C=O) groups is 1. The molecule has 0 aromatic heterocycles. The molecule has 0 aliphatic rings. The Labute approximate surface area is 185 Å². The van der Waals surface area contributed by atoms with Crippen LogP contribution in [0.4, 0.5) is 10.1 Å². The molecule has 3 aromatic carbocycles. The minimum atomic E-state index is -3.54. The van der Waals surface area contributed by atoms with Gasteiger partial charge in [0.15, 0.2) is 0 Å². The molecule has 0 fully saturated rings. The molecule has 0 aliphatic heterocycles. The van der Waals surface area contributed by atoms with E-state index >= 15 is 0 Å². The summed E-state index contributed by atoms with van der Waals surface area (Å²) in [6.45, 7) is 0.166. The normalized spacial score (nSPS) is 11.5. The highest BCUT2D eigenvalue weighted by molar-refractivity contribution is 7.92. The maximum absolute atomic E-state index is 13.7. The number of nitrogens with one attached hydrogen (secondary N) is 1. The number of hydrogen-bond acceptors (Lipinski definition) is 4. The summed E-state index contributed by atoms with van der Waals surface area (Å²) in [5.41, 5.74) is 3.86. The van der Waals surface area contributed by atoms with E-state index in [1.165, 1.54) is 46.8 Å². The van der Waals surface area contributed by atoms with Gasteiger partial charge in [-0.3, -0.25) is 9.10 Å². The Kier molecular flexibility index (Phi) is 7.04. The van der Waals surface area contributed by atoms with Crippen molar-refractivity contribution in [2.45, 2.75) is 6.54 Å². The Hall–Kier alpha value is -3.23. The van der Waals surface area contributed by atoms with Crippen LogP contribution < -0.4 is 9.73 Å². The molecule has 0 aliphatic carbocycles. The van der Waals surface area contributed by atoms with E-state index in [0.29, 0.717) is 5.69 Å². The van der Waals surface area contributed by atoms with Gasteiger partial charge in [-0.05, 0) is 42.0 Å². The topological polar surface area (TPSA) is 78.8 Å². The summed E-state index contributed by atoms with van der Waals surface area (Å²) >= 11 is 5.91. The van der Waals surface area contributed by atoms with Gasteiger partial charge >= 0.3 is 0 Å². The van der Waals surface area contributed by atoms with Crippen LogP contribution in [0.2, 0.25) is 5.02 Å². The van der Waals surface area contributed by atoms with Gasteiger partial charge in [-0.2, -0.15) is 5.10 Å². The van der Waals surface area contributed by atoms with Crippen LogP contribution in [0.3, 0.4) is 0 Å². The van der Waals surface area contributed by atoms with Crippen LogP contribution in [0, 0.1) is 5.82 Å². The van der Waals surface area contributed by atoms with Gasteiger partial charge in [0.2, 0.25) is 10.0 Å². The van der Waals surface area contributed by atoms with Gasteiger partial charge in [-0.15, -0.1) is 0 Å². The molecule has 0 unspecified atom stereocenters. The van der Waals surface area contributed by atoms with Crippen LogP contribution in [0.5, 0.6) is 0 Å². The van der Waals surface area contributed by atoms with Crippen LogP contribution in [-0.2, 0) is 16.6 Å². The van der Waals surface area contributed by atoms with Crippen molar-refractivity contribution >= 4 is 39.4 Å². The number of amides is 1. The second-order valence-corrected chi connectivity index (χ2v) is 8.95. The van der Waals surface area contributed by atoms with Crippen LogP contribution >= 0.6 is 11.6 Å². The van der Waals surface area contributed by atoms with Crippen LogP contribution in [0.25, 0.3) is 0 Å². The molecule has 160 valence electrons. The van der Waals surface area contributed by atoms with Crippen LogP contribution in [0.1, 0.15) is 21.5 Å². The maximum atomic E-state index is 13.7. The van der Waals surface area contributed by atoms with E-state index in [9.17, 15) is 17.6 Å². The van der Waals surface area contributed by atoms with Crippen molar-refractivity contribution in [2.75, 3.05) is 10.6 Å². The predicted molar refractivity (Wildman–Crippen MR) is 120 cm³/mol. The fourth-order valence-electron chi connectivity index (χ4n) is 2.78.